The first-order chi connectivity index (χ1) is 17.5. The number of furan rings is 1. The van der Waals surface area contributed by atoms with Gasteiger partial charge < -0.3 is 24.7 Å². The normalized spacial score (nSPS) is 13.1. The summed E-state index contributed by atoms with van der Waals surface area (Å²) < 4.78 is 11.1. The molecule has 0 aliphatic carbocycles. The molecule has 2 heterocycles. The molecule has 3 amide bonds. The molecule has 1 fully saturated rings. The molecule has 0 atom stereocenters. The summed E-state index contributed by atoms with van der Waals surface area (Å²) in [5.41, 5.74) is 3.34. The van der Waals surface area contributed by atoms with Crippen LogP contribution in [0.5, 0.6) is 5.75 Å². The molecular weight excluding hydrogens is 458 g/mol. The predicted octanol–water partition coefficient (Wildman–Crippen LogP) is 5.00. The Morgan fingerprint density at radius 2 is 1.75 bits per heavy atom. The average Bonchev–Trinajstić information content (AvgIpc) is 3.51. The van der Waals surface area contributed by atoms with E-state index in [0.29, 0.717) is 41.4 Å². The standard InChI is InChI=1S/C28H25N3O5/c1-35-24-17-21(12-13-22(24)31-14-4-7-27(31)33)29-26(32)15-18-8-10-20(11-9-18)30-28(34)25-16-19-5-2-3-6-23(19)36-25/h2-3,5-6,8-13,16-17H,4,7,14-15H2,1H3,(H,29,32)(H,30,34). The van der Waals surface area contributed by atoms with E-state index in [0.717, 1.165) is 17.4 Å². The van der Waals surface area contributed by atoms with Crippen molar-refractivity contribution in [2.24, 2.45) is 0 Å². The van der Waals surface area contributed by atoms with Crippen LogP contribution in [0.15, 0.2) is 77.2 Å². The Labute approximate surface area is 207 Å². The number of amides is 3. The second-order valence-corrected chi connectivity index (χ2v) is 8.56. The van der Waals surface area contributed by atoms with Crippen LogP contribution in [-0.4, -0.2) is 31.4 Å². The van der Waals surface area contributed by atoms with Crippen LogP contribution in [0.2, 0.25) is 0 Å². The number of hydrogen-bond donors (Lipinski definition) is 2. The fraction of sp³-hybridized carbons (Fsp3) is 0.179. The topological polar surface area (TPSA) is 101 Å². The van der Waals surface area contributed by atoms with Crippen LogP contribution >= 0.6 is 0 Å². The summed E-state index contributed by atoms with van der Waals surface area (Å²) in [6.45, 7) is 0.662. The maximum atomic E-state index is 12.6. The highest BCUT2D eigenvalue weighted by Crippen LogP contribution is 2.34. The molecule has 182 valence electrons. The lowest BCUT2D eigenvalue weighted by Crippen LogP contribution is -2.24. The van der Waals surface area contributed by atoms with Gasteiger partial charge in [0.2, 0.25) is 11.8 Å². The van der Waals surface area contributed by atoms with E-state index in [9.17, 15) is 14.4 Å². The van der Waals surface area contributed by atoms with Crippen LogP contribution in [0.4, 0.5) is 17.1 Å². The molecule has 1 aliphatic rings. The van der Waals surface area contributed by atoms with E-state index < -0.39 is 0 Å². The summed E-state index contributed by atoms with van der Waals surface area (Å²) in [4.78, 5) is 38.9. The molecule has 1 saturated heterocycles. The number of benzene rings is 3. The molecule has 2 N–H and O–H groups in total. The number of ether oxygens (including phenoxy) is 1. The zero-order chi connectivity index (χ0) is 25.1. The zero-order valence-corrected chi connectivity index (χ0v) is 19.7. The molecule has 8 heteroatoms. The van der Waals surface area contributed by atoms with Crippen molar-refractivity contribution in [1.82, 2.24) is 0 Å². The third-order valence-corrected chi connectivity index (χ3v) is 6.05. The van der Waals surface area contributed by atoms with Crippen LogP contribution in [0.25, 0.3) is 11.0 Å². The van der Waals surface area contributed by atoms with Crippen molar-refractivity contribution in [3.63, 3.8) is 0 Å². The minimum absolute atomic E-state index is 0.0716. The highest BCUT2D eigenvalue weighted by molar-refractivity contribution is 6.04. The van der Waals surface area contributed by atoms with Crippen LogP contribution in [0.3, 0.4) is 0 Å². The van der Waals surface area contributed by atoms with Gasteiger partial charge in [-0.15, -0.1) is 0 Å². The highest BCUT2D eigenvalue weighted by Gasteiger charge is 2.24. The molecule has 8 nitrogen and oxygen atoms in total. The molecule has 0 spiro atoms. The van der Waals surface area contributed by atoms with Gasteiger partial charge >= 0.3 is 0 Å². The second-order valence-electron chi connectivity index (χ2n) is 8.56. The molecule has 5 rings (SSSR count). The molecule has 1 aliphatic heterocycles. The minimum atomic E-state index is -0.343. The van der Waals surface area contributed by atoms with Gasteiger partial charge in [0.25, 0.3) is 5.91 Å². The van der Waals surface area contributed by atoms with Gasteiger partial charge in [0.15, 0.2) is 5.76 Å². The van der Waals surface area contributed by atoms with Crippen LogP contribution in [0.1, 0.15) is 29.0 Å². The van der Waals surface area contributed by atoms with Crippen LogP contribution in [-0.2, 0) is 16.0 Å². The first-order valence-corrected chi connectivity index (χ1v) is 11.7. The Balaban J connectivity index is 1.19. The van der Waals surface area contributed by atoms with E-state index in [2.05, 4.69) is 10.6 Å². The fourth-order valence-corrected chi connectivity index (χ4v) is 4.26. The van der Waals surface area contributed by atoms with Gasteiger partial charge in [0, 0.05) is 35.8 Å². The average molecular weight is 484 g/mol. The number of anilines is 3. The summed E-state index contributed by atoms with van der Waals surface area (Å²) >= 11 is 0. The molecule has 0 unspecified atom stereocenters. The fourth-order valence-electron chi connectivity index (χ4n) is 4.26. The maximum Gasteiger partial charge on any atom is 0.291 e. The maximum absolute atomic E-state index is 12.6. The Hall–Kier alpha value is -4.59. The van der Waals surface area contributed by atoms with Crippen molar-refractivity contribution in [3.8, 4) is 5.75 Å². The summed E-state index contributed by atoms with van der Waals surface area (Å²) in [5.74, 6) is 0.302. The first-order valence-electron chi connectivity index (χ1n) is 11.7. The Morgan fingerprint density at radius 3 is 2.47 bits per heavy atom. The van der Waals surface area contributed by atoms with E-state index in [4.69, 9.17) is 9.15 Å². The summed E-state index contributed by atoms with van der Waals surface area (Å²) in [6, 6.07) is 21.5. The number of fused-ring (bicyclic) bond motifs is 1. The van der Waals surface area contributed by atoms with Gasteiger partial charge in [-0.3, -0.25) is 14.4 Å². The SMILES string of the molecule is COc1cc(NC(=O)Cc2ccc(NC(=O)c3cc4ccccc4o3)cc2)ccc1N1CCCC1=O. The quantitative estimate of drug-likeness (QED) is 0.385. The number of methoxy groups -OCH3 is 1. The third kappa shape index (κ3) is 4.93. The first kappa shape index (κ1) is 23.2. The summed E-state index contributed by atoms with van der Waals surface area (Å²) in [6.07, 6.45) is 1.51. The number of carbonyl (C=O) groups excluding carboxylic acids is 3. The van der Waals surface area contributed by atoms with Gasteiger partial charge in [-0.1, -0.05) is 30.3 Å². The van der Waals surface area contributed by atoms with E-state index in [1.54, 1.807) is 60.5 Å². The van der Waals surface area contributed by atoms with Crippen molar-refractivity contribution >= 4 is 45.8 Å². The van der Waals surface area contributed by atoms with Gasteiger partial charge in [-0.2, -0.15) is 0 Å². The smallest absolute Gasteiger partial charge is 0.291 e. The molecule has 3 aromatic carbocycles. The van der Waals surface area contributed by atoms with E-state index >= 15 is 0 Å². The second kappa shape index (κ2) is 9.95. The largest absolute Gasteiger partial charge is 0.494 e. The molecule has 0 saturated carbocycles. The van der Waals surface area contributed by atoms with Crippen LogP contribution in [0, 0.1) is 0 Å². The van der Waals surface area contributed by atoms with E-state index in [1.807, 2.05) is 24.3 Å². The lowest BCUT2D eigenvalue weighted by Gasteiger charge is -2.19. The number of rotatable bonds is 7. The van der Waals surface area contributed by atoms with Crippen molar-refractivity contribution in [2.45, 2.75) is 19.3 Å². The van der Waals surface area contributed by atoms with Gasteiger partial charge in [0.1, 0.15) is 11.3 Å². The molecule has 4 aromatic rings. The van der Waals surface area contributed by atoms with Crippen LogP contribution < -0.4 is 20.3 Å². The van der Waals surface area contributed by atoms with E-state index in [1.165, 1.54) is 0 Å². The van der Waals surface area contributed by atoms with E-state index in [-0.39, 0.29) is 29.9 Å². The molecule has 0 bridgehead atoms. The highest BCUT2D eigenvalue weighted by atomic mass is 16.5. The lowest BCUT2D eigenvalue weighted by molar-refractivity contribution is -0.117. The molecule has 1 aromatic heterocycles. The predicted molar refractivity (Wildman–Crippen MR) is 138 cm³/mol. The number of para-hydroxylation sites is 1. The number of hydrogen-bond acceptors (Lipinski definition) is 5. The minimum Gasteiger partial charge on any atom is -0.494 e. The van der Waals surface area contributed by atoms with Gasteiger partial charge in [-0.25, -0.2) is 0 Å². The Kier molecular flexibility index (Phi) is 6.40. The van der Waals surface area contributed by atoms with Crippen molar-refractivity contribution in [1.29, 1.82) is 0 Å². The molecular formula is C28H25N3O5. The number of nitrogens with zero attached hydrogens (tertiary/aromatic N) is 1. The zero-order valence-electron chi connectivity index (χ0n) is 19.7. The van der Waals surface area contributed by atoms with Gasteiger partial charge in [0.05, 0.1) is 19.2 Å². The summed E-state index contributed by atoms with van der Waals surface area (Å²) in [7, 11) is 1.54. The summed E-state index contributed by atoms with van der Waals surface area (Å²) in [5, 5.41) is 6.54. The monoisotopic (exact) mass is 483 g/mol. The van der Waals surface area contributed by atoms with Crippen molar-refractivity contribution < 1.29 is 23.5 Å². The third-order valence-electron chi connectivity index (χ3n) is 6.05. The Morgan fingerprint density at radius 1 is 0.972 bits per heavy atom. The van der Waals surface area contributed by atoms with Crippen molar-refractivity contribution in [2.75, 3.05) is 29.2 Å². The number of nitrogens with one attached hydrogen (secondary N) is 2. The van der Waals surface area contributed by atoms with Gasteiger partial charge in [-0.05, 0) is 48.4 Å². The Bertz CT molecular complexity index is 1410. The molecule has 0 radical (unpaired) electrons. The molecule has 36 heavy (non-hydrogen) atoms. The number of carbonyl (C=O) groups is 3. The van der Waals surface area contributed by atoms with Crippen molar-refractivity contribution in [3.05, 3.63) is 84.1 Å². The lowest BCUT2D eigenvalue weighted by atomic mass is 10.1.